The third kappa shape index (κ3) is 4.48. The predicted molar refractivity (Wildman–Crippen MR) is 91.3 cm³/mol. The zero-order valence-corrected chi connectivity index (χ0v) is 13.7. The molecule has 1 aliphatic rings. The molecule has 0 spiro atoms. The van der Waals surface area contributed by atoms with Crippen molar-refractivity contribution in [2.24, 2.45) is 0 Å². The number of hydrogen-bond donors (Lipinski definition) is 2. The van der Waals surface area contributed by atoms with Gasteiger partial charge in [0.1, 0.15) is 11.6 Å². The molecule has 1 atom stereocenters. The van der Waals surface area contributed by atoms with Crippen LogP contribution in [0.3, 0.4) is 0 Å². The quantitative estimate of drug-likeness (QED) is 0.879. The Balaban J connectivity index is 1.48. The molecule has 2 amide bonds. The second-order valence-electron chi connectivity index (χ2n) is 5.79. The average Bonchev–Trinajstić information content (AvgIpc) is 3.09. The molecule has 2 aromatic heterocycles. The number of furan rings is 1. The topological polar surface area (TPSA) is 79.6 Å². The normalized spacial score (nSPS) is 15.8. The number of rotatable bonds is 5. The van der Waals surface area contributed by atoms with Crippen molar-refractivity contribution >= 4 is 17.5 Å². The van der Waals surface area contributed by atoms with Crippen LogP contribution in [-0.2, 0) is 11.2 Å². The number of ether oxygens (including phenoxy) is 1. The summed E-state index contributed by atoms with van der Waals surface area (Å²) in [5, 5.41) is 5.68. The molecule has 0 aliphatic carbocycles. The number of hydrogen-bond acceptors (Lipinski definition) is 5. The summed E-state index contributed by atoms with van der Waals surface area (Å²) in [5.74, 6) is 1.75. The maximum atomic E-state index is 12.0. The first-order valence-electron chi connectivity index (χ1n) is 8.09. The summed E-state index contributed by atoms with van der Waals surface area (Å²) in [6, 6.07) is 7.21. The molecule has 7 nitrogen and oxygen atoms in total. The smallest absolute Gasteiger partial charge is 0.319 e. The number of urea groups is 1. The van der Waals surface area contributed by atoms with E-state index in [1.165, 1.54) is 0 Å². The third-order valence-corrected chi connectivity index (χ3v) is 3.81. The molecule has 0 unspecified atom stereocenters. The highest BCUT2D eigenvalue weighted by molar-refractivity contribution is 5.89. The van der Waals surface area contributed by atoms with Crippen molar-refractivity contribution < 1.29 is 13.9 Å². The van der Waals surface area contributed by atoms with Gasteiger partial charge < -0.3 is 24.7 Å². The van der Waals surface area contributed by atoms with Crippen LogP contribution in [0.1, 0.15) is 12.7 Å². The molecule has 24 heavy (non-hydrogen) atoms. The Bertz CT molecular complexity index is 636. The fraction of sp³-hybridized carbons (Fsp3) is 0.412. The lowest BCUT2D eigenvalue weighted by atomic mass is 10.2. The van der Waals surface area contributed by atoms with E-state index in [1.54, 1.807) is 12.5 Å². The Kier molecular flexibility index (Phi) is 5.32. The van der Waals surface area contributed by atoms with Crippen LogP contribution < -0.4 is 15.5 Å². The number of amides is 2. The van der Waals surface area contributed by atoms with Gasteiger partial charge in [0.25, 0.3) is 0 Å². The lowest BCUT2D eigenvalue weighted by Crippen LogP contribution is -2.37. The van der Waals surface area contributed by atoms with Crippen molar-refractivity contribution in [1.29, 1.82) is 0 Å². The molecule has 2 aromatic rings. The first kappa shape index (κ1) is 16.3. The van der Waals surface area contributed by atoms with Crippen LogP contribution in [0.4, 0.5) is 16.3 Å². The highest BCUT2D eigenvalue weighted by atomic mass is 16.5. The fourth-order valence-electron chi connectivity index (χ4n) is 2.61. The van der Waals surface area contributed by atoms with Gasteiger partial charge in [-0.3, -0.25) is 0 Å². The zero-order chi connectivity index (χ0) is 16.8. The summed E-state index contributed by atoms with van der Waals surface area (Å²) in [6.07, 6.45) is 3.94. The van der Waals surface area contributed by atoms with E-state index >= 15 is 0 Å². The highest BCUT2D eigenvalue weighted by Crippen LogP contribution is 2.15. The van der Waals surface area contributed by atoms with Gasteiger partial charge in [-0.25, -0.2) is 9.78 Å². The Hall–Kier alpha value is -2.54. The second-order valence-corrected chi connectivity index (χ2v) is 5.79. The van der Waals surface area contributed by atoms with Crippen LogP contribution in [0.5, 0.6) is 0 Å². The van der Waals surface area contributed by atoms with E-state index in [-0.39, 0.29) is 12.1 Å². The molecule has 7 heteroatoms. The van der Waals surface area contributed by atoms with E-state index in [4.69, 9.17) is 9.15 Å². The van der Waals surface area contributed by atoms with Gasteiger partial charge in [-0.2, -0.15) is 0 Å². The molecular formula is C17H22N4O3. The van der Waals surface area contributed by atoms with Crippen molar-refractivity contribution in [3.63, 3.8) is 0 Å². The number of nitrogens with zero attached hydrogens (tertiary/aromatic N) is 2. The van der Waals surface area contributed by atoms with E-state index < -0.39 is 0 Å². The minimum absolute atomic E-state index is 0.0308. The van der Waals surface area contributed by atoms with Gasteiger partial charge in [-0.1, -0.05) is 0 Å². The zero-order valence-electron chi connectivity index (χ0n) is 13.7. The molecule has 2 N–H and O–H groups in total. The standard InChI is InChI=1S/C17H22N4O3/c1-13(11-15-3-2-8-24-15)19-17(22)20-14-4-5-16(18-12-14)21-6-9-23-10-7-21/h2-5,8,12-13H,6-7,9-11H2,1H3,(H2,19,20,22)/t13-/m1/s1. The second kappa shape index (κ2) is 7.83. The molecule has 3 heterocycles. The third-order valence-electron chi connectivity index (χ3n) is 3.81. The van der Waals surface area contributed by atoms with Crippen molar-refractivity contribution in [2.75, 3.05) is 36.5 Å². The van der Waals surface area contributed by atoms with Crippen LogP contribution in [0.2, 0.25) is 0 Å². The van der Waals surface area contributed by atoms with E-state index in [0.29, 0.717) is 12.1 Å². The predicted octanol–water partition coefficient (Wildman–Crippen LogP) is 2.26. The van der Waals surface area contributed by atoms with E-state index in [0.717, 1.165) is 37.9 Å². The Morgan fingerprint density at radius 3 is 2.83 bits per heavy atom. The number of carbonyl (C=O) groups excluding carboxylic acids is 1. The number of pyridine rings is 1. The Morgan fingerprint density at radius 1 is 1.33 bits per heavy atom. The number of nitrogens with one attached hydrogen (secondary N) is 2. The Labute approximate surface area is 141 Å². The SMILES string of the molecule is C[C@H](Cc1ccco1)NC(=O)Nc1ccc(N2CCOCC2)nc1. The molecule has 3 rings (SSSR count). The highest BCUT2D eigenvalue weighted by Gasteiger charge is 2.13. The lowest BCUT2D eigenvalue weighted by Gasteiger charge is -2.27. The molecule has 0 saturated carbocycles. The monoisotopic (exact) mass is 330 g/mol. The van der Waals surface area contributed by atoms with Gasteiger partial charge in [0.2, 0.25) is 0 Å². The first-order chi connectivity index (χ1) is 11.7. The van der Waals surface area contributed by atoms with Gasteiger partial charge in [0.15, 0.2) is 0 Å². The summed E-state index contributed by atoms with van der Waals surface area (Å²) in [4.78, 5) is 18.6. The number of anilines is 2. The minimum Gasteiger partial charge on any atom is -0.469 e. The molecule has 0 bridgehead atoms. The number of morpholine rings is 1. The number of aromatic nitrogens is 1. The van der Waals surface area contributed by atoms with Gasteiger partial charge in [0.05, 0.1) is 31.4 Å². The van der Waals surface area contributed by atoms with Gasteiger partial charge in [-0.15, -0.1) is 0 Å². The number of carbonyl (C=O) groups is 1. The van der Waals surface area contributed by atoms with Crippen molar-refractivity contribution in [2.45, 2.75) is 19.4 Å². The maximum Gasteiger partial charge on any atom is 0.319 e. The molecule has 1 saturated heterocycles. The van der Waals surface area contributed by atoms with Crippen molar-refractivity contribution in [1.82, 2.24) is 10.3 Å². The molecule has 0 aromatic carbocycles. The Morgan fingerprint density at radius 2 is 2.17 bits per heavy atom. The molecule has 1 fully saturated rings. The summed E-state index contributed by atoms with van der Waals surface area (Å²) in [5.41, 5.74) is 0.662. The van der Waals surface area contributed by atoms with E-state index in [1.807, 2.05) is 31.2 Å². The van der Waals surface area contributed by atoms with E-state index in [9.17, 15) is 4.79 Å². The summed E-state index contributed by atoms with van der Waals surface area (Å²) in [7, 11) is 0. The van der Waals surface area contributed by atoms with Crippen LogP contribution in [0, 0.1) is 0 Å². The molecule has 1 aliphatic heterocycles. The van der Waals surface area contributed by atoms with Gasteiger partial charge >= 0.3 is 6.03 Å². The summed E-state index contributed by atoms with van der Waals surface area (Å²) in [6.45, 7) is 5.05. The lowest BCUT2D eigenvalue weighted by molar-refractivity contribution is 0.122. The maximum absolute atomic E-state index is 12.0. The summed E-state index contributed by atoms with van der Waals surface area (Å²) >= 11 is 0. The summed E-state index contributed by atoms with van der Waals surface area (Å²) < 4.78 is 10.6. The largest absolute Gasteiger partial charge is 0.469 e. The van der Waals surface area contributed by atoms with Crippen molar-refractivity contribution in [3.8, 4) is 0 Å². The molecular weight excluding hydrogens is 308 g/mol. The molecule has 128 valence electrons. The average molecular weight is 330 g/mol. The molecule has 0 radical (unpaired) electrons. The fourth-order valence-corrected chi connectivity index (χ4v) is 2.61. The van der Waals surface area contributed by atoms with Crippen LogP contribution in [0.25, 0.3) is 0 Å². The minimum atomic E-state index is -0.255. The van der Waals surface area contributed by atoms with E-state index in [2.05, 4.69) is 20.5 Å². The van der Waals surface area contributed by atoms with Crippen LogP contribution >= 0.6 is 0 Å². The van der Waals surface area contributed by atoms with Crippen molar-refractivity contribution in [3.05, 3.63) is 42.5 Å². The van der Waals surface area contributed by atoms with Gasteiger partial charge in [-0.05, 0) is 31.2 Å². The van der Waals surface area contributed by atoms with Crippen LogP contribution in [-0.4, -0.2) is 43.4 Å². The first-order valence-corrected chi connectivity index (χ1v) is 8.09. The van der Waals surface area contributed by atoms with Crippen LogP contribution in [0.15, 0.2) is 41.1 Å². The van der Waals surface area contributed by atoms with Gasteiger partial charge in [0, 0.05) is 25.6 Å².